The molecule has 9 nitrogen and oxygen atoms in total. The maximum atomic E-state index is 12.8. The molecule has 4 aromatic rings. The molecule has 1 unspecified atom stereocenters. The van der Waals surface area contributed by atoms with Gasteiger partial charge < -0.3 is 15.3 Å². The molecule has 10 heteroatoms. The molecule has 4 rings (SSSR count). The first-order chi connectivity index (χ1) is 17.1. The summed E-state index contributed by atoms with van der Waals surface area (Å²) >= 11 is 0. The number of aromatic nitrogens is 4. The Balaban J connectivity index is 1.79. The van der Waals surface area contributed by atoms with Crippen molar-refractivity contribution >= 4 is 21.9 Å². The van der Waals surface area contributed by atoms with E-state index in [2.05, 4.69) is 14.8 Å². The molecule has 1 aromatic carbocycles. The first kappa shape index (κ1) is 25.9. The average molecular weight is 510 g/mol. The fourth-order valence-corrected chi connectivity index (χ4v) is 4.66. The van der Waals surface area contributed by atoms with Crippen LogP contribution in [0.5, 0.6) is 5.75 Å². The molecule has 3 aromatic heterocycles. The number of phenols is 1. The molecule has 3 heterocycles. The summed E-state index contributed by atoms with van der Waals surface area (Å²) in [4.78, 5) is 9.11. The van der Waals surface area contributed by atoms with Gasteiger partial charge in [-0.25, -0.2) is 23.6 Å². The molecule has 0 bridgehead atoms. The highest BCUT2D eigenvalue weighted by Gasteiger charge is 2.35. The zero-order valence-electron chi connectivity index (χ0n) is 20.8. The smallest absolute Gasteiger partial charge is 0.169 e. The lowest BCUT2D eigenvalue weighted by atomic mass is 10.0. The van der Waals surface area contributed by atoms with Crippen molar-refractivity contribution in [2.45, 2.75) is 57.6 Å². The minimum atomic E-state index is -1.59. The van der Waals surface area contributed by atoms with Crippen LogP contribution in [0.1, 0.15) is 51.9 Å². The van der Waals surface area contributed by atoms with Crippen molar-refractivity contribution in [1.82, 2.24) is 24.5 Å². The van der Waals surface area contributed by atoms with Crippen LogP contribution in [0, 0.1) is 0 Å². The van der Waals surface area contributed by atoms with E-state index in [4.69, 9.17) is 4.98 Å². The summed E-state index contributed by atoms with van der Waals surface area (Å²) in [6.45, 7) is 7.23. The van der Waals surface area contributed by atoms with Gasteiger partial charge in [0.25, 0.3) is 0 Å². The van der Waals surface area contributed by atoms with Gasteiger partial charge in [0.1, 0.15) is 5.75 Å². The SMILES string of the molecule is CCC[C@@](O)(NS(=O)C(C)(C)C)c1cccc(-c2cc(O)c3cnn(-c4cccc(CO)n4)c3c2)n1. The Kier molecular flexibility index (Phi) is 7.24. The Morgan fingerprint density at radius 2 is 1.83 bits per heavy atom. The third-order valence-corrected chi connectivity index (χ3v) is 7.37. The molecule has 0 fully saturated rings. The Bertz CT molecular complexity index is 1420. The molecule has 0 saturated heterocycles. The van der Waals surface area contributed by atoms with Gasteiger partial charge in [0, 0.05) is 5.56 Å². The summed E-state index contributed by atoms with van der Waals surface area (Å²) in [5.74, 6) is 0.524. The molecule has 190 valence electrons. The Labute approximate surface area is 212 Å². The molecular weight excluding hydrogens is 478 g/mol. The van der Waals surface area contributed by atoms with Gasteiger partial charge in [0.2, 0.25) is 0 Å². The van der Waals surface area contributed by atoms with Crippen molar-refractivity contribution in [2.75, 3.05) is 0 Å². The first-order valence-corrected chi connectivity index (χ1v) is 12.9. The van der Waals surface area contributed by atoms with E-state index in [0.29, 0.717) is 52.2 Å². The zero-order chi connectivity index (χ0) is 26.1. The third-order valence-electron chi connectivity index (χ3n) is 5.74. The number of pyridine rings is 2. The molecule has 4 N–H and O–H groups in total. The summed E-state index contributed by atoms with van der Waals surface area (Å²) in [6, 6.07) is 13.9. The number of hydrogen-bond acceptors (Lipinski definition) is 7. The lowest BCUT2D eigenvalue weighted by Crippen LogP contribution is -2.48. The van der Waals surface area contributed by atoms with E-state index in [-0.39, 0.29) is 12.4 Å². The van der Waals surface area contributed by atoms with Crippen molar-refractivity contribution in [3.8, 4) is 22.8 Å². The number of benzene rings is 1. The van der Waals surface area contributed by atoms with E-state index in [9.17, 15) is 19.5 Å². The zero-order valence-corrected chi connectivity index (χ0v) is 21.6. The molecule has 0 aliphatic rings. The van der Waals surface area contributed by atoms with Crippen LogP contribution in [-0.4, -0.2) is 44.0 Å². The maximum absolute atomic E-state index is 12.8. The van der Waals surface area contributed by atoms with Crippen molar-refractivity contribution in [3.05, 3.63) is 66.1 Å². The predicted octanol–water partition coefficient (Wildman–Crippen LogP) is 3.68. The number of nitrogens with one attached hydrogen (secondary N) is 1. The predicted molar refractivity (Wildman–Crippen MR) is 140 cm³/mol. The highest BCUT2D eigenvalue weighted by atomic mass is 32.2. The topological polar surface area (TPSA) is 133 Å². The number of aromatic hydroxyl groups is 1. The third kappa shape index (κ3) is 5.17. The second-order valence-electron chi connectivity index (χ2n) is 9.63. The number of nitrogens with zero attached hydrogens (tertiary/aromatic N) is 4. The van der Waals surface area contributed by atoms with Gasteiger partial charge in [-0.2, -0.15) is 5.10 Å². The molecule has 0 saturated carbocycles. The normalized spacial score (nSPS) is 14.6. The molecule has 36 heavy (non-hydrogen) atoms. The summed E-state index contributed by atoms with van der Waals surface area (Å²) in [5, 5.41) is 36.6. The van der Waals surface area contributed by atoms with Crippen LogP contribution in [0.25, 0.3) is 28.0 Å². The highest BCUT2D eigenvalue weighted by molar-refractivity contribution is 7.84. The molecule has 2 atom stereocenters. The van der Waals surface area contributed by atoms with Gasteiger partial charge >= 0.3 is 0 Å². The van der Waals surface area contributed by atoms with Gasteiger partial charge in [-0.05, 0) is 63.6 Å². The Morgan fingerprint density at radius 3 is 2.53 bits per heavy atom. The van der Waals surface area contributed by atoms with E-state index >= 15 is 0 Å². The monoisotopic (exact) mass is 509 g/mol. The largest absolute Gasteiger partial charge is 0.507 e. The molecule has 0 spiro atoms. The van der Waals surface area contributed by atoms with Crippen LogP contribution in [0.4, 0.5) is 0 Å². The van der Waals surface area contributed by atoms with E-state index < -0.39 is 21.5 Å². The molecule has 0 amide bonds. The van der Waals surface area contributed by atoms with Crippen LogP contribution in [0.3, 0.4) is 0 Å². The van der Waals surface area contributed by atoms with E-state index in [1.807, 2.05) is 33.8 Å². The minimum Gasteiger partial charge on any atom is -0.507 e. The molecule has 0 radical (unpaired) electrons. The summed E-state index contributed by atoms with van der Waals surface area (Å²) in [7, 11) is -1.52. The van der Waals surface area contributed by atoms with Crippen molar-refractivity contribution in [1.29, 1.82) is 0 Å². The van der Waals surface area contributed by atoms with Gasteiger partial charge in [0.15, 0.2) is 11.5 Å². The van der Waals surface area contributed by atoms with E-state index in [1.54, 1.807) is 53.3 Å². The number of hydrogen-bond donors (Lipinski definition) is 4. The summed E-state index contributed by atoms with van der Waals surface area (Å²) in [6.07, 6.45) is 2.51. The Hall–Kier alpha value is -3.18. The lowest BCUT2D eigenvalue weighted by Gasteiger charge is -2.31. The molecule has 0 aliphatic heterocycles. The van der Waals surface area contributed by atoms with Gasteiger partial charge in [0.05, 0.1) is 56.5 Å². The number of aliphatic hydroxyl groups excluding tert-OH is 1. The molecule has 0 aliphatic carbocycles. The number of fused-ring (bicyclic) bond motifs is 1. The van der Waals surface area contributed by atoms with Crippen LogP contribution in [0.15, 0.2) is 54.7 Å². The fraction of sp³-hybridized carbons (Fsp3) is 0.346. The number of rotatable bonds is 8. The minimum absolute atomic E-state index is 0.0232. The van der Waals surface area contributed by atoms with E-state index in [1.165, 1.54) is 0 Å². The van der Waals surface area contributed by atoms with Crippen molar-refractivity contribution in [2.24, 2.45) is 0 Å². The van der Waals surface area contributed by atoms with E-state index in [0.717, 1.165) is 0 Å². The summed E-state index contributed by atoms with van der Waals surface area (Å²) in [5.41, 5.74) is 0.984. The lowest BCUT2D eigenvalue weighted by molar-refractivity contribution is 0.0116. The second kappa shape index (κ2) is 10.1. The summed E-state index contributed by atoms with van der Waals surface area (Å²) < 4.78 is 16.7. The average Bonchev–Trinajstić information content (AvgIpc) is 3.28. The number of aliphatic hydroxyl groups is 2. The highest BCUT2D eigenvalue weighted by Crippen LogP contribution is 2.33. The van der Waals surface area contributed by atoms with Crippen LogP contribution < -0.4 is 4.72 Å². The maximum Gasteiger partial charge on any atom is 0.169 e. The van der Waals surface area contributed by atoms with Crippen LogP contribution in [0.2, 0.25) is 0 Å². The first-order valence-electron chi connectivity index (χ1n) is 11.7. The quantitative estimate of drug-likeness (QED) is 0.266. The molecular formula is C26H31N5O4S. The van der Waals surface area contributed by atoms with Gasteiger partial charge in [-0.15, -0.1) is 0 Å². The number of phenolic OH excluding ortho intramolecular Hbond substituents is 1. The van der Waals surface area contributed by atoms with Crippen molar-refractivity contribution in [3.63, 3.8) is 0 Å². The fourth-order valence-electron chi connectivity index (χ4n) is 3.84. The van der Waals surface area contributed by atoms with Gasteiger partial charge in [-0.3, -0.25) is 0 Å². The van der Waals surface area contributed by atoms with Crippen LogP contribution >= 0.6 is 0 Å². The Morgan fingerprint density at radius 1 is 1.08 bits per heavy atom. The van der Waals surface area contributed by atoms with Crippen molar-refractivity contribution < 1.29 is 19.5 Å². The second-order valence-corrected chi connectivity index (χ2v) is 11.6. The standard InChI is InChI=1S/C26H31N5O4S/c1-5-12-26(34,30-36(35)25(2,3)4)23-10-7-9-20(29-23)17-13-21-19(22(33)14-17)15-27-31(21)24-11-6-8-18(16-32)28-24/h6-11,13-15,30,32-34H,5,12,16H2,1-4H3/t26-,36?/m0/s1. The van der Waals surface area contributed by atoms with Crippen LogP contribution in [-0.2, 0) is 23.3 Å². The van der Waals surface area contributed by atoms with Gasteiger partial charge in [-0.1, -0.05) is 25.5 Å².